The van der Waals surface area contributed by atoms with Crippen LogP contribution in [-0.4, -0.2) is 38.6 Å². The predicted octanol–water partition coefficient (Wildman–Crippen LogP) is 1.85. The molecule has 0 bridgehead atoms. The van der Waals surface area contributed by atoms with Gasteiger partial charge in [0, 0.05) is 11.3 Å². The summed E-state index contributed by atoms with van der Waals surface area (Å²) in [4.78, 5) is 25.2. The molecule has 8 nitrogen and oxygen atoms in total. The Hall–Kier alpha value is -3.62. The van der Waals surface area contributed by atoms with Crippen molar-refractivity contribution in [2.45, 2.75) is 20.4 Å². The smallest absolute Gasteiger partial charge is 0.244 e. The second kappa shape index (κ2) is 8.38. The Morgan fingerprint density at radius 1 is 1.04 bits per heavy atom. The second-order valence-corrected chi connectivity index (χ2v) is 6.24. The zero-order chi connectivity index (χ0) is 20.1. The van der Waals surface area contributed by atoms with Crippen LogP contribution in [0.2, 0.25) is 0 Å². The molecule has 2 aromatic carbocycles. The van der Waals surface area contributed by atoms with Crippen molar-refractivity contribution < 1.29 is 14.0 Å². The number of anilines is 1. The van der Waals surface area contributed by atoms with Crippen molar-refractivity contribution in [1.82, 2.24) is 25.5 Å². The largest absolute Gasteiger partial charge is 0.345 e. The summed E-state index contributed by atoms with van der Waals surface area (Å²) in [6.45, 7) is 3.43. The summed E-state index contributed by atoms with van der Waals surface area (Å²) in [5.41, 5.74) is 3.21. The molecule has 1 aromatic heterocycles. The zero-order valence-electron chi connectivity index (χ0n) is 15.4. The molecule has 3 aromatic rings. The highest BCUT2D eigenvalue weighted by molar-refractivity contribution is 5.95. The topological polar surface area (TPSA) is 102 Å². The summed E-state index contributed by atoms with van der Waals surface area (Å²) in [5.74, 6) is -0.848. The van der Waals surface area contributed by atoms with Gasteiger partial charge in [-0.3, -0.25) is 9.59 Å². The molecule has 0 radical (unpaired) electrons. The van der Waals surface area contributed by atoms with Crippen molar-refractivity contribution in [3.8, 4) is 11.4 Å². The van der Waals surface area contributed by atoms with Crippen LogP contribution in [0.3, 0.4) is 0 Å². The maximum Gasteiger partial charge on any atom is 0.244 e. The summed E-state index contributed by atoms with van der Waals surface area (Å²) in [6.07, 6.45) is 0. The summed E-state index contributed by atoms with van der Waals surface area (Å²) in [5, 5.41) is 17.0. The number of rotatable bonds is 6. The van der Waals surface area contributed by atoms with Gasteiger partial charge >= 0.3 is 0 Å². The highest BCUT2D eigenvalue weighted by atomic mass is 19.1. The standard InChI is InChI=1S/C19H19FN6O2/c1-12-4-3-5-13(2)18(12)22-16(27)10-21-17(28)11-26-24-19(23-25-26)14-6-8-15(20)9-7-14/h3-9H,10-11H2,1-2H3,(H,21,28)(H,22,27). The van der Waals surface area contributed by atoms with E-state index in [0.29, 0.717) is 5.56 Å². The molecule has 1 heterocycles. The molecule has 9 heteroatoms. The molecule has 0 fully saturated rings. The van der Waals surface area contributed by atoms with E-state index in [1.165, 1.54) is 24.3 Å². The Kier molecular flexibility index (Phi) is 5.73. The third-order valence-corrected chi connectivity index (χ3v) is 4.03. The lowest BCUT2D eigenvalue weighted by atomic mass is 10.1. The summed E-state index contributed by atoms with van der Waals surface area (Å²) in [6, 6.07) is 11.3. The van der Waals surface area contributed by atoms with Gasteiger partial charge < -0.3 is 10.6 Å². The second-order valence-electron chi connectivity index (χ2n) is 6.24. The predicted molar refractivity (Wildman–Crippen MR) is 101 cm³/mol. The average molecular weight is 382 g/mol. The van der Waals surface area contributed by atoms with E-state index in [4.69, 9.17) is 0 Å². The van der Waals surface area contributed by atoms with Gasteiger partial charge in [-0.25, -0.2) is 4.39 Å². The van der Waals surface area contributed by atoms with E-state index in [2.05, 4.69) is 26.0 Å². The van der Waals surface area contributed by atoms with E-state index in [-0.39, 0.29) is 30.6 Å². The monoisotopic (exact) mass is 382 g/mol. The number of hydrogen-bond donors (Lipinski definition) is 2. The number of carbonyl (C=O) groups excluding carboxylic acids is 2. The van der Waals surface area contributed by atoms with Crippen molar-refractivity contribution in [2.75, 3.05) is 11.9 Å². The fourth-order valence-electron chi connectivity index (χ4n) is 2.58. The van der Waals surface area contributed by atoms with E-state index in [9.17, 15) is 14.0 Å². The molecule has 0 aliphatic carbocycles. The Balaban J connectivity index is 1.52. The van der Waals surface area contributed by atoms with Crippen molar-refractivity contribution in [3.05, 3.63) is 59.4 Å². The SMILES string of the molecule is Cc1cccc(C)c1NC(=O)CNC(=O)Cn1nnc(-c2ccc(F)cc2)n1. The van der Waals surface area contributed by atoms with Crippen LogP contribution in [0.4, 0.5) is 10.1 Å². The number of hydrogen-bond acceptors (Lipinski definition) is 5. The lowest BCUT2D eigenvalue weighted by Crippen LogP contribution is -2.35. The maximum absolute atomic E-state index is 13.0. The molecular formula is C19H19FN6O2. The van der Waals surface area contributed by atoms with Gasteiger partial charge in [0.25, 0.3) is 0 Å². The molecule has 2 amide bonds. The molecule has 2 N–H and O–H groups in total. The van der Waals surface area contributed by atoms with Gasteiger partial charge in [-0.05, 0) is 54.5 Å². The minimum atomic E-state index is -0.431. The first-order chi connectivity index (χ1) is 13.4. The van der Waals surface area contributed by atoms with E-state index in [1.54, 1.807) is 0 Å². The summed E-state index contributed by atoms with van der Waals surface area (Å²) in [7, 11) is 0. The Morgan fingerprint density at radius 2 is 1.71 bits per heavy atom. The molecule has 0 aliphatic heterocycles. The molecule has 3 rings (SSSR count). The number of tetrazole rings is 1. The first-order valence-electron chi connectivity index (χ1n) is 8.59. The van der Waals surface area contributed by atoms with Crippen molar-refractivity contribution in [3.63, 3.8) is 0 Å². The normalized spacial score (nSPS) is 10.5. The van der Waals surface area contributed by atoms with E-state index < -0.39 is 5.91 Å². The van der Waals surface area contributed by atoms with E-state index in [1.807, 2.05) is 32.0 Å². The molecule has 0 spiro atoms. The molecule has 0 unspecified atom stereocenters. The Bertz CT molecular complexity index is 980. The average Bonchev–Trinajstić information content (AvgIpc) is 3.12. The van der Waals surface area contributed by atoms with Gasteiger partial charge in [0.2, 0.25) is 17.6 Å². The fourth-order valence-corrected chi connectivity index (χ4v) is 2.58. The minimum Gasteiger partial charge on any atom is -0.345 e. The number of carbonyl (C=O) groups is 2. The van der Waals surface area contributed by atoms with Crippen LogP contribution in [0, 0.1) is 19.7 Å². The summed E-state index contributed by atoms with van der Waals surface area (Å²) < 4.78 is 13.0. The van der Waals surface area contributed by atoms with Gasteiger partial charge in [-0.2, -0.15) is 4.80 Å². The lowest BCUT2D eigenvalue weighted by Gasteiger charge is -2.11. The quantitative estimate of drug-likeness (QED) is 0.677. The van der Waals surface area contributed by atoms with Crippen LogP contribution in [-0.2, 0) is 16.1 Å². The van der Waals surface area contributed by atoms with Crippen molar-refractivity contribution in [1.29, 1.82) is 0 Å². The van der Waals surface area contributed by atoms with Crippen LogP contribution in [0.15, 0.2) is 42.5 Å². The minimum absolute atomic E-state index is 0.174. The number of aromatic nitrogens is 4. The number of nitrogens with zero attached hydrogens (tertiary/aromatic N) is 4. The molecule has 144 valence electrons. The van der Waals surface area contributed by atoms with E-state index in [0.717, 1.165) is 21.6 Å². The molecular weight excluding hydrogens is 363 g/mol. The Labute approximate surface area is 160 Å². The fraction of sp³-hybridized carbons (Fsp3) is 0.211. The third-order valence-electron chi connectivity index (χ3n) is 4.03. The lowest BCUT2D eigenvalue weighted by molar-refractivity contribution is -0.124. The molecule has 0 aliphatic rings. The molecule has 0 atom stereocenters. The zero-order valence-corrected chi connectivity index (χ0v) is 15.4. The van der Waals surface area contributed by atoms with Crippen molar-refractivity contribution >= 4 is 17.5 Å². The number of amides is 2. The maximum atomic E-state index is 13.0. The van der Waals surface area contributed by atoms with Crippen LogP contribution < -0.4 is 10.6 Å². The number of benzene rings is 2. The number of aryl methyl sites for hydroxylation is 2. The van der Waals surface area contributed by atoms with Crippen LogP contribution in [0.5, 0.6) is 0 Å². The van der Waals surface area contributed by atoms with Gasteiger partial charge in [0.1, 0.15) is 12.4 Å². The molecule has 0 saturated carbocycles. The number of nitrogens with one attached hydrogen (secondary N) is 2. The first-order valence-corrected chi connectivity index (χ1v) is 8.59. The number of para-hydroxylation sites is 1. The number of halogens is 1. The van der Waals surface area contributed by atoms with Crippen LogP contribution in [0.1, 0.15) is 11.1 Å². The highest BCUT2D eigenvalue weighted by Crippen LogP contribution is 2.19. The Morgan fingerprint density at radius 3 is 2.39 bits per heavy atom. The van der Waals surface area contributed by atoms with E-state index >= 15 is 0 Å². The molecule has 28 heavy (non-hydrogen) atoms. The van der Waals surface area contributed by atoms with Crippen molar-refractivity contribution in [2.24, 2.45) is 0 Å². The third kappa shape index (κ3) is 4.76. The first kappa shape index (κ1) is 19.2. The van der Waals surface area contributed by atoms with Crippen LogP contribution in [0.25, 0.3) is 11.4 Å². The van der Waals surface area contributed by atoms with Gasteiger partial charge in [0.15, 0.2) is 0 Å². The highest BCUT2D eigenvalue weighted by Gasteiger charge is 2.12. The van der Waals surface area contributed by atoms with Gasteiger partial charge in [-0.1, -0.05) is 18.2 Å². The van der Waals surface area contributed by atoms with Crippen LogP contribution >= 0.6 is 0 Å². The summed E-state index contributed by atoms with van der Waals surface area (Å²) >= 11 is 0. The van der Waals surface area contributed by atoms with Gasteiger partial charge in [0.05, 0.1) is 6.54 Å². The molecule has 0 saturated heterocycles. The van der Waals surface area contributed by atoms with Gasteiger partial charge in [-0.15, -0.1) is 10.2 Å².